The van der Waals surface area contributed by atoms with Gasteiger partial charge in [0, 0.05) is 35.2 Å². The lowest BCUT2D eigenvalue weighted by Crippen LogP contribution is -1.89. The maximum absolute atomic E-state index is 4.21. The lowest BCUT2D eigenvalue weighted by atomic mass is 10.0. The summed E-state index contributed by atoms with van der Waals surface area (Å²) in [7, 11) is 0. The average molecular weight is 251 g/mol. The molecular weight excluding hydrogens is 234 g/mol. The van der Waals surface area contributed by atoms with Gasteiger partial charge in [-0.25, -0.2) is 9.97 Å². The van der Waals surface area contributed by atoms with Gasteiger partial charge in [0.15, 0.2) is 0 Å². The van der Waals surface area contributed by atoms with E-state index < -0.39 is 0 Å². The van der Waals surface area contributed by atoms with Gasteiger partial charge in [-0.1, -0.05) is 26.0 Å². The molecule has 2 aromatic heterocycles. The highest BCUT2D eigenvalue weighted by Gasteiger charge is 2.03. The third-order valence-corrected chi connectivity index (χ3v) is 2.86. The normalized spacial score (nSPS) is 9.84. The van der Waals surface area contributed by atoms with E-state index in [1.54, 1.807) is 12.5 Å². The molecule has 3 rings (SSSR count). The summed E-state index contributed by atoms with van der Waals surface area (Å²) >= 11 is 0. The molecule has 3 heteroatoms. The molecule has 1 aromatic carbocycles. The van der Waals surface area contributed by atoms with Crippen LogP contribution in [0.4, 0.5) is 0 Å². The van der Waals surface area contributed by atoms with Crippen LogP contribution in [0.3, 0.4) is 0 Å². The maximum Gasteiger partial charge on any atom is 0.115 e. The fourth-order valence-corrected chi connectivity index (χ4v) is 1.93. The van der Waals surface area contributed by atoms with Crippen LogP contribution in [0.1, 0.15) is 19.5 Å². The summed E-state index contributed by atoms with van der Waals surface area (Å²) < 4.78 is 0. The monoisotopic (exact) mass is 251 g/mol. The summed E-state index contributed by atoms with van der Waals surface area (Å²) in [5.41, 5.74) is 3.21. The highest BCUT2D eigenvalue weighted by molar-refractivity contribution is 5.86. The molecule has 0 saturated heterocycles. The van der Waals surface area contributed by atoms with E-state index in [9.17, 15) is 0 Å². The Labute approximate surface area is 113 Å². The molecule has 0 aliphatic rings. The van der Waals surface area contributed by atoms with Crippen LogP contribution in [-0.2, 0) is 0 Å². The molecule has 2 heterocycles. The lowest BCUT2D eigenvalue weighted by Gasteiger charge is -2.05. The van der Waals surface area contributed by atoms with Gasteiger partial charge >= 0.3 is 0 Å². The molecule has 0 atom stereocenters. The van der Waals surface area contributed by atoms with Gasteiger partial charge in [0.1, 0.15) is 6.33 Å². The van der Waals surface area contributed by atoms with Crippen LogP contribution in [0, 0.1) is 6.92 Å². The fourth-order valence-electron chi connectivity index (χ4n) is 1.93. The van der Waals surface area contributed by atoms with E-state index in [1.165, 1.54) is 5.39 Å². The molecule has 0 spiro atoms. The second kappa shape index (κ2) is 6.05. The van der Waals surface area contributed by atoms with Crippen LogP contribution in [0.25, 0.3) is 21.9 Å². The van der Waals surface area contributed by atoms with Crippen molar-refractivity contribution in [1.82, 2.24) is 15.0 Å². The summed E-state index contributed by atoms with van der Waals surface area (Å²) in [6.07, 6.45) is 7.10. The van der Waals surface area contributed by atoms with Crippen LogP contribution < -0.4 is 0 Å². The summed E-state index contributed by atoms with van der Waals surface area (Å²) in [6.45, 7) is 5.99. The third-order valence-electron chi connectivity index (χ3n) is 2.86. The number of pyridine rings is 1. The van der Waals surface area contributed by atoms with Crippen LogP contribution in [0.5, 0.6) is 0 Å². The largest absolute Gasteiger partial charge is 0.264 e. The number of aromatic nitrogens is 3. The zero-order valence-corrected chi connectivity index (χ0v) is 11.5. The van der Waals surface area contributed by atoms with Crippen molar-refractivity contribution in [3.63, 3.8) is 0 Å². The SMILES string of the molecule is CC.Cc1ncncc1-c1ccc2cnccc2c1. The Kier molecular flexibility index (Phi) is 4.18. The van der Waals surface area contributed by atoms with Crippen molar-refractivity contribution in [2.75, 3.05) is 0 Å². The second-order valence-corrected chi connectivity index (χ2v) is 3.96. The molecule has 0 amide bonds. The van der Waals surface area contributed by atoms with Gasteiger partial charge in [-0.2, -0.15) is 0 Å². The van der Waals surface area contributed by atoms with Crippen molar-refractivity contribution < 1.29 is 0 Å². The molecule has 19 heavy (non-hydrogen) atoms. The summed E-state index contributed by atoms with van der Waals surface area (Å²) in [6, 6.07) is 8.31. The van der Waals surface area contributed by atoms with Gasteiger partial charge in [-0.05, 0) is 30.0 Å². The summed E-state index contributed by atoms with van der Waals surface area (Å²) in [5, 5.41) is 2.33. The number of aryl methyl sites for hydroxylation is 1. The molecule has 3 nitrogen and oxygen atoms in total. The van der Waals surface area contributed by atoms with E-state index in [1.807, 2.05) is 39.2 Å². The predicted octanol–water partition coefficient (Wildman–Crippen LogP) is 4.03. The molecule has 0 unspecified atom stereocenters. The smallest absolute Gasteiger partial charge is 0.115 e. The molecule has 0 fully saturated rings. The highest BCUT2D eigenvalue weighted by atomic mass is 14.8. The number of hydrogen-bond donors (Lipinski definition) is 0. The van der Waals surface area contributed by atoms with Crippen molar-refractivity contribution in [2.45, 2.75) is 20.8 Å². The first-order chi connectivity index (χ1) is 9.34. The molecule has 0 aliphatic heterocycles. The Morgan fingerprint density at radius 1 is 0.895 bits per heavy atom. The average Bonchev–Trinajstić information content (AvgIpc) is 2.49. The Morgan fingerprint density at radius 3 is 2.53 bits per heavy atom. The molecular formula is C16H17N3. The van der Waals surface area contributed by atoms with Crippen molar-refractivity contribution in [2.24, 2.45) is 0 Å². The summed E-state index contributed by atoms with van der Waals surface area (Å²) in [5.74, 6) is 0. The summed E-state index contributed by atoms with van der Waals surface area (Å²) in [4.78, 5) is 12.4. The molecule has 0 aliphatic carbocycles. The van der Waals surface area contributed by atoms with E-state index >= 15 is 0 Å². The molecule has 0 N–H and O–H groups in total. The van der Waals surface area contributed by atoms with Gasteiger partial charge in [-0.15, -0.1) is 0 Å². The zero-order chi connectivity index (χ0) is 13.7. The van der Waals surface area contributed by atoms with E-state index in [0.29, 0.717) is 0 Å². The molecule has 0 radical (unpaired) electrons. The first-order valence-electron chi connectivity index (χ1n) is 6.45. The molecule has 3 aromatic rings. The van der Waals surface area contributed by atoms with Crippen LogP contribution >= 0.6 is 0 Å². The zero-order valence-electron chi connectivity index (χ0n) is 11.5. The van der Waals surface area contributed by atoms with E-state index in [-0.39, 0.29) is 0 Å². The predicted molar refractivity (Wildman–Crippen MR) is 78.9 cm³/mol. The van der Waals surface area contributed by atoms with Gasteiger partial charge in [0.25, 0.3) is 0 Å². The van der Waals surface area contributed by atoms with Gasteiger partial charge in [0.05, 0.1) is 0 Å². The number of fused-ring (bicyclic) bond motifs is 1. The van der Waals surface area contributed by atoms with Crippen molar-refractivity contribution in [3.8, 4) is 11.1 Å². The Hall–Kier alpha value is -2.29. The number of nitrogens with zero attached hydrogens (tertiary/aromatic N) is 3. The minimum Gasteiger partial charge on any atom is -0.264 e. The minimum atomic E-state index is 0.994. The van der Waals surface area contributed by atoms with Gasteiger partial charge < -0.3 is 0 Å². The Balaban J connectivity index is 0.000000637. The third kappa shape index (κ3) is 2.76. The van der Waals surface area contributed by atoms with E-state index in [0.717, 1.165) is 22.2 Å². The van der Waals surface area contributed by atoms with Gasteiger partial charge in [-0.3, -0.25) is 4.98 Å². The lowest BCUT2D eigenvalue weighted by molar-refractivity contribution is 1.11. The second-order valence-electron chi connectivity index (χ2n) is 3.96. The number of benzene rings is 1. The van der Waals surface area contributed by atoms with Crippen molar-refractivity contribution in [3.05, 3.63) is 54.9 Å². The van der Waals surface area contributed by atoms with Crippen LogP contribution in [0.2, 0.25) is 0 Å². The first-order valence-corrected chi connectivity index (χ1v) is 6.45. The van der Waals surface area contributed by atoms with Crippen molar-refractivity contribution >= 4 is 10.8 Å². The van der Waals surface area contributed by atoms with Gasteiger partial charge in [0.2, 0.25) is 0 Å². The minimum absolute atomic E-state index is 0.994. The molecule has 96 valence electrons. The fraction of sp³-hybridized carbons (Fsp3) is 0.188. The highest BCUT2D eigenvalue weighted by Crippen LogP contribution is 2.24. The Morgan fingerprint density at radius 2 is 1.74 bits per heavy atom. The number of rotatable bonds is 1. The Bertz CT molecular complexity index is 677. The standard InChI is InChI=1S/C14H11N3.C2H6/c1-10-14(8-16-9-17-10)12-2-3-13-7-15-5-4-11(13)6-12;1-2/h2-9H,1H3;1-2H3. The first kappa shape index (κ1) is 13.1. The van der Waals surface area contributed by atoms with Crippen LogP contribution in [-0.4, -0.2) is 15.0 Å². The van der Waals surface area contributed by atoms with E-state index in [2.05, 4.69) is 33.2 Å². The topological polar surface area (TPSA) is 38.7 Å². The van der Waals surface area contributed by atoms with Crippen LogP contribution in [0.15, 0.2) is 49.2 Å². The number of hydrogen-bond acceptors (Lipinski definition) is 3. The molecule has 0 bridgehead atoms. The van der Waals surface area contributed by atoms with Crippen molar-refractivity contribution in [1.29, 1.82) is 0 Å². The maximum atomic E-state index is 4.21. The molecule has 0 saturated carbocycles. The van der Waals surface area contributed by atoms with E-state index in [4.69, 9.17) is 0 Å². The quantitative estimate of drug-likeness (QED) is 0.655.